The van der Waals surface area contributed by atoms with Crippen molar-refractivity contribution in [2.24, 2.45) is 5.73 Å². The second-order valence-electron chi connectivity index (χ2n) is 3.63. The van der Waals surface area contributed by atoms with E-state index in [0.717, 1.165) is 17.3 Å². The van der Waals surface area contributed by atoms with Gasteiger partial charge in [-0.25, -0.2) is 9.97 Å². The first kappa shape index (κ1) is 11.4. The predicted octanol–water partition coefficient (Wildman–Crippen LogP) is 1.23. The van der Waals surface area contributed by atoms with Crippen LogP contribution in [-0.2, 0) is 0 Å². The monoisotopic (exact) mass is 232 g/mol. The van der Waals surface area contributed by atoms with Crippen molar-refractivity contribution in [1.82, 2.24) is 15.0 Å². The molecule has 90 valence electrons. The van der Waals surface area contributed by atoms with Crippen LogP contribution in [0.5, 0.6) is 0 Å². The van der Waals surface area contributed by atoms with Crippen LogP contribution in [-0.4, -0.2) is 28.0 Å². The van der Waals surface area contributed by atoms with Gasteiger partial charge in [0.15, 0.2) is 0 Å². The molecule has 0 aliphatic heterocycles. The maximum absolute atomic E-state index is 5.44. The van der Waals surface area contributed by atoms with Crippen LogP contribution in [0.1, 0.15) is 5.82 Å². The van der Waals surface area contributed by atoms with E-state index in [-0.39, 0.29) is 0 Å². The predicted molar refractivity (Wildman–Crippen MR) is 68.4 cm³/mol. The molecule has 0 saturated heterocycles. The summed E-state index contributed by atoms with van der Waals surface area (Å²) in [6, 6.07) is 3.79. The van der Waals surface area contributed by atoms with E-state index in [2.05, 4.69) is 25.6 Å². The molecule has 6 nitrogen and oxygen atoms in total. The number of hydrogen-bond donors (Lipinski definition) is 4. The van der Waals surface area contributed by atoms with Crippen LogP contribution in [0.2, 0.25) is 0 Å². The van der Waals surface area contributed by atoms with Gasteiger partial charge in [-0.15, -0.1) is 0 Å². The Morgan fingerprint density at radius 3 is 2.88 bits per heavy atom. The zero-order valence-electron chi connectivity index (χ0n) is 9.70. The number of anilines is 3. The topological polar surface area (TPSA) is 91.6 Å². The molecule has 5 N–H and O–H groups in total. The number of nitrogens with one attached hydrogen (secondary N) is 3. The van der Waals surface area contributed by atoms with Crippen LogP contribution >= 0.6 is 0 Å². The van der Waals surface area contributed by atoms with Crippen molar-refractivity contribution in [2.75, 3.05) is 23.7 Å². The van der Waals surface area contributed by atoms with Crippen molar-refractivity contribution in [1.29, 1.82) is 0 Å². The number of aromatic nitrogens is 3. The third kappa shape index (κ3) is 3.18. The fourth-order valence-electron chi connectivity index (χ4n) is 1.47. The van der Waals surface area contributed by atoms with Gasteiger partial charge in [0.1, 0.15) is 17.5 Å². The molecule has 6 heteroatoms. The van der Waals surface area contributed by atoms with E-state index >= 15 is 0 Å². The number of aromatic amines is 1. The lowest BCUT2D eigenvalue weighted by molar-refractivity contribution is 0.987. The molecule has 2 rings (SSSR count). The summed E-state index contributed by atoms with van der Waals surface area (Å²) in [6.45, 7) is 3.12. The molecule has 17 heavy (non-hydrogen) atoms. The summed E-state index contributed by atoms with van der Waals surface area (Å²) in [4.78, 5) is 11.6. The quantitative estimate of drug-likeness (QED) is 0.622. The molecule has 0 aromatic carbocycles. The van der Waals surface area contributed by atoms with E-state index in [9.17, 15) is 0 Å². The average molecular weight is 232 g/mol. The molecule has 2 heterocycles. The Morgan fingerprint density at radius 1 is 1.35 bits per heavy atom. The summed E-state index contributed by atoms with van der Waals surface area (Å²) in [6.07, 6.45) is 3.72. The standard InChI is InChI=1S/C11H16N6/c1-8-15-10(14-5-3-12)6-11(16-8)17-9-2-4-13-7-9/h2,4,6-7,13H,3,5,12H2,1H3,(H2,14,15,16,17). The van der Waals surface area contributed by atoms with Gasteiger partial charge in [0, 0.05) is 31.5 Å². The van der Waals surface area contributed by atoms with Crippen molar-refractivity contribution in [3.05, 3.63) is 30.4 Å². The molecular formula is C11H16N6. The lowest BCUT2D eigenvalue weighted by Crippen LogP contribution is -2.14. The number of nitrogens with zero attached hydrogens (tertiary/aromatic N) is 2. The van der Waals surface area contributed by atoms with Crippen LogP contribution < -0.4 is 16.4 Å². The van der Waals surface area contributed by atoms with Crippen LogP contribution in [0.4, 0.5) is 17.3 Å². The van der Waals surface area contributed by atoms with E-state index in [1.54, 1.807) is 0 Å². The Bertz CT molecular complexity index is 465. The van der Waals surface area contributed by atoms with Gasteiger partial charge in [-0.2, -0.15) is 0 Å². The molecule has 0 atom stereocenters. The molecule has 0 spiro atoms. The highest BCUT2D eigenvalue weighted by Crippen LogP contribution is 2.16. The molecule has 2 aromatic rings. The number of hydrogen-bond acceptors (Lipinski definition) is 5. The molecule has 0 saturated carbocycles. The largest absolute Gasteiger partial charge is 0.369 e. The number of rotatable bonds is 5. The molecule has 0 bridgehead atoms. The lowest BCUT2D eigenvalue weighted by atomic mass is 10.4. The SMILES string of the molecule is Cc1nc(NCCN)cc(Nc2cc[nH]c2)n1. The molecule has 0 fully saturated rings. The highest BCUT2D eigenvalue weighted by atomic mass is 15.1. The van der Waals surface area contributed by atoms with Crippen molar-refractivity contribution < 1.29 is 0 Å². The van der Waals surface area contributed by atoms with Gasteiger partial charge in [0.05, 0.1) is 5.69 Å². The van der Waals surface area contributed by atoms with E-state index in [1.807, 2.05) is 31.5 Å². The van der Waals surface area contributed by atoms with Crippen molar-refractivity contribution in [3.8, 4) is 0 Å². The fraction of sp³-hybridized carbons (Fsp3) is 0.273. The maximum Gasteiger partial charge on any atom is 0.136 e. The van der Waals surface area contributed by atoms with Gasteiger partial charge < -0.3 is 21.4 Å². The molecule has 2 aromatic heterocycles. The lowest BCUT2D eigenvalue weighted by Gasteiger charge is -2.08. The Labute approximate surface area is 99.7 Å². The van der Waals surface area contributed by atoms with Crippen LogP contribution in [0, 0.1) is 6.92 Å². The number of nitrogens with two attached hydrogens (primary N) is 1. The van der Waals surface area contributed by atoms with Crippen LogP contribution in [0.3, 0.4) is 0 Å². The third-order valence-electron chi connectivity index (χ3n) is 2.16. The summed E-state index contributed by atoms with van der Waals surface area (Å²) in [7, 11) is 0. The molecule has 0 aliphatic carbocycles. The number of aryl methyl sites for hydroxylation is 1. The third-order valence-corrected chi connectivity index (χ3v) is 2.16. The maximum atomic E-state index is 5.44. The molecule has 0 amide bonds. The zero-order chi connectivity index (χ0) is 12.1. The normalized spacial score (nSPS) is 10.2. The highest BCUT2D eigenvalue weighted by Gasteiger charge is 2.02. The highest BCUT2D eigenvalue weighted by molar-refractivity contribution is 5.58. The molecular weight excluding hydrogens is 216 g/mol. The van der Waals surface area contributed by atoms with Gasteiger partial charge in [0.2, 0.25) is 0 Å². The fourth-order valence-corrected chi connectivity index (χ4v) is 1.47. The minimum absolute atomic E-state index is 0.573. The van der Waals surface area contributed by atoms with E-state index < -0.39 is 0 Å². The first-order valence-corrected chi connectivity index (χ1v) is 5.47. The summed E-state index contributed by atoms with van der Waals surface area (Å²) in [5.74, 6) is 2.25. The Morgan fingerprint density at radius 2 is 2.18 bits per heavy atom. The summed E-state index contributed by atoms with van der Waals surface area (Å²) in [5.41, 5.74) is 6.40. The minimum atomic E-state index is 0.573. The van der Waals surface area contributed by atoms with E-state index in [0.29, 0.717) is 18.9 Å². The molecule has 0 aliphatic rings. The average Bonchev–Trinajstić information content (AvgIpc) is 2.78. The van der Waals surface area contributed by atoms with Gasteiger partial charge >= 0.3 is 0 Å². The van der Waals surface area contributed by atoms with Crippen LogP contribution in [0.15, 0.2) is 24.5 Å². The molecule has 0 radical (unpaired) electrons. The van der Waals surface area contributed by atoms with E-state index in [1.165, 1.54) is 0 Å². The molecule has 0 unspecified atom stereocenters. The second-order valence-corrected chi connectivity index (χ2v) is 3.63. The number of H-pyrrole nitrogens is 1. The van der Waals surface area contributed by atoms with Gasteiger partial charge in [0.25, 0.3) is 0 Å². The summed E-state index contributed by atoms with van der Waals surface area (Å²) in [5, 5.41) is 6.32. The Kier molecular flexibility index (Phi) is 3.56. The van der Waals surface area contributed by atoms with Crippen molar-refractivity contribution in [3.63, 3.8) is 0 Å². The summed E-state index contributed by atoms with van der Waals surface area (Å²) < 4.78 is 0. The minimum Gasteiger partial charge on any atom is -0.369 e. The summed E-state index contributed by atoms with van der Waals surface area (Å²) >= 11 is 0. The van der Waals surface area contributed by atoms with Gasteiger partial charge in [-0.05, 0) is 13.0 Å². The zero-order valence-corrected chi connectivity index (χ0v) is 9.70. The first-order valence-electron chi connectivity index (χ1n) is 5.47. The van der Waals surface area contributed by atoms with Gasteiger partial charge in [-0.3, -0.25) is 0 Å². The van der Waals surface area contributed by atoms with Gasteiger partial charge in [-0.1, -0.05) is 0 Å². The second kappa shape index (κ2) is 5.31. The Balaban J connectivity index is 2.13. The Hall–Kier alpha value is -2.08. The van der Waals surface area contributed by atoms with Crippen molar-refractivity contribution in [2.45, 2.75) is 6.92 Å². The van der Waals surface area contributed by atoms with Crippen molar-refractivity contribution >= 4 is 17.3 Å². The first-order chi connectivity index (χ1) is 8.28. The van der Waals surface area contributed by atoms with E-state index in [4.69, 9.17) is 5.73 Å². The van der Waals surface area contributed by atoms with Crippen LogP contribution in [0.25, 0.3) is 0 Å². The smallest absolute Gasteiger partial charge is 0.136 e.